The molecular formula is C13H26N2O4. The van der Waals surface area contributed by atoms with E-state index < -0.39 is 23.3 Å². The summed E-state index contributed by atoms with van der Waals surface area (Å²) in [6.07, 6.45) is -0.611. The molecule has 0 radical (unpaired) electrons. The summed E-state index contributed by atoms with van der Waals surface area (Å²) in [6.45, 7) is 11.0. The average molecular weight is 274 g/mol. The molecule has 0 aromatic heterocycles. The lowest BCUT2D eigenvalue weighted by molar-refractivity contribution is -0.125. The van der Waals surface area contributed by atoms with Crippen LogP contribution in [-0.4, -0.2) is 42.9 Å². The molecule has 6 heteroatoms. The summed E-state index contributed by atoms with van der Waals surface area (Å²) in [5.41, 5.74) is -1.08. The number of ether oxygens (including phenoxy) is 2. The Hall–Kier alpha value is -1.30. The summed E-state index contributed by atoms with van der Waals surface area (Å²) < 4.78 is 10.1. The van der Waals surface area contributed by atoms with Crippen molar-refractivity contribution in [2.24, 2.45) is 0 Å². The number of carbonyl (C=O) groups is 2. The molecule has 0 heterocycles. The zero-order valence-corrected chi connectivity index (χ0v) is 12.9. The Morgan fingerprint density at radius 2 is 1.68 bits per heavy atom. The smallest absolute Gasteiger partial charge is 0.408 e. The molecule has 0 aliphatic rings. The third kappa shape index (κ3) is 8.42. The van der Waals surface area contributed by atoms with Crippen molar-refractivity contribution in [2.75, 3.05) is 13.7 Å². The van der Waals surface area contributed by atoms with Crippen molar-refractivity contribution < 1.29 is 19.1 Å². The van der Waals surface area contributed by atoms with Gasteiger partial charge in [0.15, 0.2) is 0 Å². The van der Waals surface area contributed by atoms with Gasteiger partial charge >= 0.3 is 6.09 Å². The Morgan fingerprint density at radius 1 is 1.16 bits per heavy atom. The molecule has 19 heavy (non-hydrogen) atoms. The third-order valence-electron chi connectivity index (χ3n) is 2.09. The van der Waals surface area contributed by atoms with Crippen molar-refractivity contribution in [3.63, 3.8) is 0 Å². The largest absolute Gasteiger partial charge is 0.444 e. The van der Waals surface area contributed by atoms with Crippen LogP contribution in [0.4, 0.5) is 4.79 Å². The maximum atomic E-state index is 11.9. The number of rotatable bonds is 5. The third-order valence-corrected chi connectivity index (χ3v) is 2.09. The molecule has 0 rings (SSSR count). The van der Waals surface area contributed by atoms with Gasteiger partial charge in [-0.15, -0.1) is 0 Å². The van der Waals surface area contributed by atoms with Crippen LogP contribution >= 0.6 is 0 Å². The van der Waals surface area contributed by atoms with Crippen LogP contribution in [0, 0.1) is 0 Å². The van der Waals surface area contributed by atoms with Crippen molar-refractivity contribution in [2.45, 2.75) is 58.7 Å². The summed E-state index contributed by atoms with van der Waals surface area (Å²) in [7, 11) is 1.57. The number of hydrogen-bond acceptors (Lipinski definition) is 4. The molecule has 0 fully saturated rings. The molecule has 0 aliphatic carbocycles. The van der Waals surface area contributed by atoms with Crippen LogP contribution < -0.4 is 10.6 Å². The summed E-state index contributed by atoms with van der Waals surface area (Å²) in [5, 5.41) is 5.28. The fourth-order valence-electron chi connectivity index (χ4n) is 1.39. The predicted molar refractivity (Wildman–Crippen MR) is 72.9 cm³/mol. The highest BCUT2D eigenvalue weighted by Gasteiger charge is 2.25. The number of carbonyl (C=O) groups excluding carboxylic acids is 2. The van der Waals surface area contributed by atoms with E-state index in [1.165, 1.54) is 0 Å². The van der Waals surface area contributed by atoms with Gasteiger partial charge in [-0.2, -0.15) is 0 Å². The molecule has 0 aromatic rings. The predicted octanol–water partition coefficient (Wildman–Crippen LogP) is 1.44. The van der Waals surface area contributed by atoms with Gasteiger partial charge in [0.05, 0.1) is 12.1 Å². The fraction of sp³-hybridized carbons (Fsp3) is 0.846. The standard InChI is InChI=1S/C13H26N2O4/c1-9(14-11(17)19-12(2,3)4)10(16)15-13(5,6)8-18-7/h9H,8H2,1-7H3,(H,14,17)(H,15,16). The Kier molecular flexibility index (Phi) is 6.29. The van der Waals surface area contributed by atoms with E-state index in [2.05, 4.69) is 10.6 Å². The molecule has 2 N–H and O–H groups in total. The SMILES string of the molecule is COCC(C)(C)NC(=O)C(C)NC(=O)OC(C)(C)C. The summed E-state index contributed by atoms with van der Waals surface area (Å²) in [6, 6.07) is -0.675. The highest BCUT2D eigenvalue weighted by atomic mass is 16.6. The van der Waals surface area contributed by atoms with Gasteiger partial charge in [0.2, 0.25) is 5.91 Å². The number of nitrogens with one attached hydrogen (secondary N) is 2. The van der Waals surface area contributed by atoms with Crippen LogP contribution in [0.25, 0.3) is 0 Å². The minimum Gasteiger partial charge on any atom is -0.444 e. The Balaban J connectivity index is 4.32. The first-order valence-electron chi connectivity index (χ1n) is 6.27. The van der Waals surface area contributed by atoms with Crippen molar-refractivity contribution in [1.29, 1.82) is 0 Å². The number of hydrogen-bond donors (Lipinski definition) is 2. The van der Waals surface area contributed by atoms with Gasteiger partial charge in [0.1, 0.15) is 11.6 Å². The summed E-state index contributed by atoms with van der Waals surface area (Å²) >= 11 is 0. The second kappa shape index (κ2) is 6.75. The fourth-order valence-corrected chi connectivity index (χ4v) is 1.39. The topological polar surface area (TPSA) is 76.7 Å². The van der Waals surface area contributed by atoms with E-state index in [0.717, 1.165) is 0 Å². The van der Waals surface area contributed by atoms with Gasteiger partial charge in [-0.25, -0.2) is 4.79 Å². The van der Waals surface area contributed by atoms with Crippen LogP contribution in [0.2, 0.25) is 0 Å². The van der Waals surface area contributed by atoms with Gasteiger partial charge in [0.25, 0.3) is 0 Å². The molecule has 1 unspecified atom stereocenters. The highest BCUT2D eigenvalue weighted by Crippen LogP contribution is 2.07. The van der Waals surface area contributed by atoms with Crippen molar-refractivity contribution in [1.82, 2.24) is 10.6 Å². The molecule has 0 aromatic carbocycles. The van der Waals surface area contributed by atoms with Crippen LogP contribution in [-0.2, 0) is 14.3 Å². The van der Waals surface area contributed by atoms with Crippen LogP contribution in [0.3, 0.4) is 0 Å². The van der Waals surface area contributed by atoms with E-state index in [4.69, 9.17) is 9.47 Å². The van der Waals surface area contributed by atoms with Crippen molar-refractivity contribution in [3.8, 4) is 0 Å². The first-order valence-corrected chi connectivity index (χ1v) is 6.27. The number of methoxy groups -OCH3 is 1. The molecular weight excluding hydrogens is 248 g/mol. The minimum atomic E-state index is -0.675. The van der Waals surface area contributed by atoms with E-state index >= 15 is 0 Å². The van der Waals surface area contributed by atoms with Crippen LogP contribution in [0.15, 0.2) is 0 Å². The number of amides is 2. The zero-order chi connectivity index (χ0) is 15.3. The molecule has 6 nitrogen and oxygen atoms in total. The first kappa shape index (κ1) is 17.7. The minimum absolute atomic E-state index is 0.284. The quantitative estimate of drug-likeness (QED) is 0.795. The van der Waals surface area contributed by atoms with E-state index in [1.807, 2.05) is 13.8 Å². The Bertz CT molecular complexity index is 321. The van der Waals surface area contributed by atoms with E-state index in [9.17, 15) is 9.59 Å². The first-order chi connectivity index (χ1) is 8.47. The summed E-state index contributed by atoms with van der Waals surface area (Å²) in [4.78, 5) is 23.4. The maximum Gasteiger partial charge on any atom is 0.408 e. The lowest BCUT2D eigenvalue weighted by atomic mass is 10.1. The van der Waals surface area contributed by atoms with Gasteiger partial charge < -0.3 is 20.1 Å². The van der Waals surface area contributed by atoms with Gasteiger partial charge in [-0.1, -0.05) is 0 Å². The molecule has 1 atom stereocenters. The monoisotopic (exact) mass is 274 g/mol. The molecule has 112 valence electrons. The van der Waals surface area contributed by atoms with E-state index in [1.54, 1.807) is 34.8 Å². The van der Waals surface area contributed by atoms with Crippen molar-refractivity contribution >= 4 is 12.0 Å². The molecule has 0 saturated heterocycles. The van der Waals surface area contributed by atoms with Crippen LogP contribution in [0.1, 0.15) is 41.5 Å². The van der Waals surface area contributed by atoms with E-state index in [-0.39, 0.29) is 5.91 Å². The molecule has 0 aliphatic heterocycles. The zero-order valence-electron chi connectivity index (χ0n) is 12.9. The molecule has 0 saturated carbocycles. The normalized spacial score (nSPS) is 13.6. The van der Waals surface area contributed by atoms with Gasteiger partial charge in [-0.3, -0.25) is 4.79 Å². The second-order valence-electron chi connectivity index (χ2n) is 6.17. The molecule has 2 amide bonds. The van der Waals surface area contributed by atoms with Gasteiger partial charge in [0, 0.05) is 7.11 Å². The molecule has 0 bridgehead atoms. The average Bonchev–Trinajstić information content (AvgIpc) is 2.12. The Labute approximate surface area is 115 Å². The van der Waals surface area contributed by atoms with Crippen LogP contribution in [0.5, 0.6) is 0 Å². The highest BCUT2D eigenvalue weighted by molar-refractivity contribution is 5.85. The van der Waals surface area contributed by atoms with Crippen molar-refractivity contribution in [3.05, 3.63) is 0 Å². The second-order valence-corrected chi connectivity index (χ2v) is 6.17. The molecule has 0 spiro atoms. The lowest BCUT2D eigenvalue weighted by Gasteiger charge is -2.27. The maximum absolute atomic E-state index is 11.9. The van der Waals surface area contributed by atoms with E-state index in [0.29, 0.717) is 6.61 Å². The van der Waals surface area contributed by atoms with Gasteiger partial charge in [-0.05, 0) is 41.5 Å². The summed E-state index contributed by atoms with van der Waals surface area (Å²) in [5.74, 6) is -0.284. The lowest BCUT2D eigenvalue weighted by Crippen LogP contribution is -2.54. The number of alkyl carbamates (subject to hydrolysis) is 1. The Morgan fingerprint density at radius 3 is 2.11 bits per heavy atom.